The predicted molar refractivity (Wildman–Crippen MR) is 122 cm³/mol. The Kier molecular flexibility index (Phi) is 8.76. The second kappa shape index (κ2) is 11.0. The Morgan fingerprint density at radius 2 is 1.38 bits per heavy atom. The van der Waals surface area contributed by atoms with Gasteiger partial charge in [0.15, 0.2) is 0 Å². The first-order valence-corrected chi connectivity index (χ1v) is 12.8. The fourth-order valence-corrected chi connectivity index (χ4v) is 4.09. The maximum absolute atomic E-state index is 10.4. The molecule has 154 valence electrons. The van der Waals surface area contributed by atoms with Gasteiger partial charge < -0.3 is 9.87 Å². The van der Waals surface area contributed by atoms with Crippen molar-refractivity contribution in [2.75, 3.05) is 23.6 Å². The molecule has 1 N–H and O–H groups in total. The van der Waals surface area contributed by atoms with E-state index in [9.17, 15) is 13.0 Å². The molecule has 0 spiro atoms. The van der Waals surface area contributed by atoms with Crippen molar-refractivity contribution in [1.82, 2.24) is 0 Å². The van der Waals surface area contributed by atoms with E-state index in [0.29, 0.717) is 16.9 Å². The van der Waals surface area contributed by atoms with Crippen molar-refractivity contribution in [3.05, 3.63) is 96.1 Å². The molecule has 0 fully saturated rings. The van der Waals surface area contributed by atoms with E-state index >= 15 is 0 Å². The zero-order valence-corrected chi connectivity index (χ0v) is 18.5. The topological polar surface area (TPSA) is 69.2 Å². The molecule has 3 aromatic rings. The van der Waals surface area contributed by atoms with E-state index < -0.39 is 10.1 Å². The van der Waals surface area contributed by atoms with Gasteiger partial charge in [0, 0.05) is 5.69 Å². The lowest BCUT2D eigenvalue weighted by Gasteiger charge is -2.18. The van der Waals surface area contributed by atoms with E-state index in [1.54, 1.807) is 12.1 Å². The highest BCUT2D eigenvalue weighted by Gasteiger charge is 2.17. The van der Waals surface area contributed by atoms with Gasteiger partial charge in [-0.3, -0.25) is 0 Å². The average molecular weight is 430 g/mol. The van der Waals surface area contributed by atoms with Gasteiger partial charge in [0.25, 0.3) is 0 Å². The molecule has 4 nitrogen and oxygen atoms in total. The molecule has 0 aromatic heterocycles. The first-order chi connectivity index (χ1) is 13.8. The summed E-state index contributed by atoms with van der Waals surface area (Å²) < 4.78 is 31.2. The van der Waals surface area contributed by atoms with Gasteiger partial charge in [-0.25, -0.2) is 8.42 Å². The van der Waals surface area contributed by atoms with Crippen molar-refractivity contribution in [2.45, 2.75) is 17.9 Å². The molecular weight excluding hydrogens is 402 g/mol. The van der Waals surface area contributed by atoms with Crippen LogP contribution in [-0.2, 0) is 21.0 Å². The minimum absolute atomic E-state index is 0.178. The molecule has 6 heteroatoms. The van der Waals surface area contributed by atoms with Crippen LogP contribution in [0.5, 0.6) is 0 Å². The third-order valence-electron chi connectivity index (χ3n) is 4.13. The molecule has 0 aliphatic rings. The van der Waals surface area contributed by atoms with Crippen LogP contribution in [0.1, 0.15) is 17.2 Å². The van der Waals surface area contributed by atoms with Gasteiger partial charge in [-0.15, -0.1) is 0 Å². The highest BCUT2D eigenvalue weighted by atomic mass is 32.2. The summed E-state index contributed by atoms with van der Waals surface area (Å²) in [6.07, 6.45) is 4.59. The lowest BCUT2D eigenvalue weighted by molar-refractivity contribution is 0.463. The zero-order chi connectivity index (χ0) is 21.3. The van der Waals surface area contributed by atoms with Crippen LogP contribution in [0.2, 0.25) is 0 Å². The summed E-state index contributed by atoms with van der Waals surface area (Å²) in [5.74, 6) is 1.17. The first kappa shape index (κ1) is 23.0. The van der Waals surface area contributed by atoms with Crippen molar-refractivity contribution >= 4 is 26.7 Å². The average Bonchev–Trinajstić information content (AvgIpc) is 2.69. The molecule has 3 aromatic carbocycles. The molecule has 0 heterocycles. The minimum atomic E-state index is -4.27. The van der Waals surface area contributed by atoms with Crippen LogP contribution < -0.4 is 5.32 Å². The Hall–Kier alpha value is -2.28. The highest BCUT2D eigenvalue weighted by Crippen LogP contribution is 2.20. The quantitative estimate of drug-likeness (QED) is 0.459. The second-order valence-electron chi connectivity index (χ2n) is 6.89. The van der Waals surface area contributed by atoms with Crippen molar-refractivity contribution in [1.29, 1.82) is 0 Å². The molecule has 0 saturated carbocycles. The monoisotopic (exact) mass is 429 g/mol. The molecule has 0 amide bonds. The summed E-state index contributed by atoms with van der Waals surface area (Å²) in [4.78, 5) is -0.178. The van der Waals surface area contributed by atoms with E-state index in [0.717, 1.165) is 5.56 Å². The van der Waals surface area contributed by atoms with E-state index in [-0.39, 0.29) is 4.90 Å². The van der Waals surface area contributed by atoms with Crippen LogP contribution in [0.3, 0.4) is 0 Å². The first-order valence-electron chi connectivity index (χ1n) is 9.19. The zero-order valence-electron chi connectivity index (χ0n) is 16.9. The van der Waals surface area contributed by atoms with Crippen molar-refractivity contribution < 1.29 is 13.0 Å². The number of rotatable bonds is 6. The van der Waals surface area contributed by atoms with Crippen molar-refractivity contribution in [3.63, 3.8) is 0 Å². The van der Waals surface area contributed by atoms with E-state index in [1.165, 1.54) is 29.1 Å². The van der Waals surface area contributed by atoms with Gasteiger partial charge in [0.1, 0.15) is 15.9 Å². The highest BCUT2D eigenvalue weighted by molar-refractivity contribution is 7.95. The largest absolute Gasteiger partial charge is 0.744 e. The number of para-hydroxylation sites is 1. The van der Waals surface area contributed by atoms with E-state index in [2.05, 4.69) is 72.4 Å². The Balaban J connectivity index is 0.000000234. The SMILES string of the molecule is C[S+](C)CC(Nc1ccccc1)c1ccccc1.Cc1ccc(S(=O)(=O)[O-])cc1. The second-order valence-corrected chi connectivity index (χ2v) is 10.6. The standard InChI is InChI=1S/C16H20NS.C7H8O3S/c1-18(2)13-16(14-9-5-3-6-10-14)17-15-11-7-4-8-12-15;1-6-2-4-7(5-3-6)11(8,9)10/h3-12,16-17H,13H2,1-2H3;2-5H,1H3,(H,8,9,10)/q+1;/p-1. The smallest absolute Gasteiger partial charge is 0.131 e. The van der Waals surface area contributed by atoms with Crippen molar-refractivity contribution in [3.8, 4) is 0 Å². The Morgan fingerprint density at radius 3 is 1.86 bits per heavy atom. The Bertz CT molecular complexity index is 958. The maximum atomic E-state index is 10.4. The van der Waals surface area contributed by atoms with Gasteiger partial charge in [-0.1, -0.05) is 66.2 Å². The van der Waals surface area contributed by atoms with E-state index in [1.807, 2.05) is 13.0 Å². The molecule has 0 saturated heterocycles. The van der Waals surface area contributed by atoms with Gasteiger partial charge >= 0.3 is 0 Å². The third kappa shape index (κ3) is 8.31. The number of hydrogen-bond acceptors (Lipinski definition) is 4. The lowest BCUT2D eigenvalue weighted by Crippen LogP contribution is -2.20. The summed E-state index contributed by atoms with van der Waals surface area (Å²) in [5, 5.41) is 3.63. The summed E-state index contributed by atoms with van der Waals surface area (Å²) in [6, 6.07) is 27.3. The predicted octanol–water partition coefficient (Wildman–Crippen LogP) is 4.62. The third-order valence-corrected chi connectivity index (χ3v) is 5.98. The number of aryl methyl sites for hydroxylation is 1. The van der Waals surface area contributed by atoms with Gasteiger partial charge in [-0.05, 0) is 47.6 Å². The fraction of sp³-hybridized carbons (Fsp3) is 0.217. The molecular formula is C23H27NO3S2. The van der Waals surface area contributed by atoms with Gasteiger partial charge in [0.2, 0.25) is 0 Å². The Morgan fingerprint density at radius 1 is 0.862 bits per heavy atom. The fourth-order valence-electron chi connectivity index (χ4n) is 2.68. The number of nitrogens with one attached hydrogen (secondary N) is 1. The summed E-state index contributed by atoms with van der Waals surface area (Å²) in [5.41, 5.74) is 3.48. The normalized spacial score (nSPS) is 12.0. The summed E-state index contributed by atoms with van der Waals surface area (Å²) in [6.45, 7) is 1.82. The van der Waals surface area contributed by atoms with Gasteiger partial charge in [-0.2, -0.15) is 0 Å². The number of anilines is 1. The lowest BCUT2D eigenvalue weighted by atomic mass is 10.1. The van der Waals surface area contributed by atoms with Crippen LogP contribution in [0.25, 0.3) is 0 Å². The minimum Gasteiger partial charge on any atom is -0.744 e. The number of hydrogen-bond donors (Lipinski definition) is 1. The molecule has 0 radical (unpaired) electrons. The summed E-state index contributed by atoms with van der Waals surface area (Å²) in [7, 11) is -3.85. The van der Waals surface area contributed by atoms with Crippen LogP contribution >= 0.6 is 0 Å². The molecule has 0 aliphatic carbocycles. The van der Waals surface area contributed by atoms with Crippen LogP contribution in [0.4, 0.5) is 5.69 Å². The number of benzene rings is 3. The van der Waals surface area contributed by atoms with Gasteiger partial charge in [0.05, 0.1) is 23.4 Å². The van der Waals surface area contributed by atoms with Crippen molar-refractivity contribution in [2.24, 2.45) is 0 Å². The van der Waals surface area contributed by atoms with Crippen LogP contribution in [0.15, 0.2) is 89.8 Å². The molecule has 0 bridgehead atoms. The molecule has 1 unspecified atom stereocenters. The van der Waals surface area contributed by atoms with Crippen LogP contribution in [0, 0.1) is 6.92 Å². The molecule has 3 rings (SSSR count). The Labute approximate surface area is 177 Å². The maximum Gasteiger partial charge on any atom is 0.131 e. The van der Waals surface area contributed by atoms with E-state index in [4.69, 9.17) is 0 Å². The molecule has 1 atom stereocenters. The van der Waals surface area contributed by atoms with Crippen LogP contribution in [-0.4, -0.2) is 31.2 Å². The summed E-state index contributed by atoms with van der Waals surface area (Å²) >= 11 is 0. The molecule has 29 heavy (non-hydrogen) atoms. The molecule has 0 aliphatic heterocycles.